The van der Waals surface area contributed by atoms with Crippen LogP contribution in [0.15, 0.2) is 0 Å². The molecule has 0 aliphatic carbocycles. The van der Waals surface area contributed by atoms with Gasteiger partial charge in [0.2, 0.25) is 5.91 Å². The van der Waals surface area contributed by atoms with E-state index in [9.17, 15) is 19.8 Å². The SMILES string of the molecule is CCCCCCCCCCCCCCCCCCCCC(=O)OCCCCCCCCCCCCCCCCCCCCCCCCCCCCCCCCCCCCCCCC(=O)NC(CO)C(O)CCCCCCCCCCCCCCC. The van der Waals surface area contributed by atoms with Gasteiger partial charge in [0.25, 0.3) is 0 Å². The normalized spacial score (nSPS) is 12.4. The molecule has 0 heterocycles. The minimum Gasteiger partial charge on any atom is -0.466 e. The van der Waals surface area contributed by atoms with E-state index in [1.807, 2.05) is 0 Å². The van der Waals surface area contributed by atoms with Crippen LogP contribution in [0.25, 0.3) is 0 Å². The van der Waals surface area contributed by atoms with Crippen LogP contribution >= 0.6 is 0 Å². The summed E-state index contributed by atoms with van der Waals surface area (Å²) in [6.45, 7) is 5.01. The van der Waals surface area contributed by atoms with Gasteiger partial charge in [-0.15, -0.1) is 0 Å². The highest BCUT2D eigenvalue weighted by molar-refractivity contribution is 5.76. The standard InChI is InChI=1S/C79H157NO5/c1-3-5-7-9-11-13-15-17-18-19-42-45-49-53-57-61-65-69-73-79(84)85-74-70-66-62-58-54-50-46-43-40-38-36-34-32-30-28-26-24-22-20-21-23-25-27-29-31-33-35-37-39-41-44-48-52-56-60-64-68-72-78(83)80-76(75-81)77(82)71-67-63-59-55-51-47-16-14-12-10-8-6-4-2/h76-77,81-82H,3-75H2,1-2H3,(H,80,83). The van der Waals surface area contributed by atoms with E-state index in [-0.39, 0.29) is 18.5 Å². The Morgan fingerprint density at radius 3 is 0.718 bits per heavy atom. The minimum atomic E-state index is -0.658. The third kappa shape index (κ3) is 71.8. The van der Waals surface area contributed by atoms with Crippen molar-refractivity contribution in [3.05, 3.63) is 0 Å². The summed E-state index contributed by atoms with van der Waals surface area (Å²) < 4.78 is 5.52. The Morgan fingerprint density at radius 1 is 0.282 bits per heavy atom. The van der Waals surface area contributed by atoms with Crippen molar-refractivity contribution in [2.45, 2.75) is 482 Å². The molecule has 2 atom stereocenters. The van der Waals surface area contributed by atoms with E-state index in [4.69, 9.17) is 4.74 Å². The largest absolute Gasteiger partial charge is 0.466 e. The van der Waals surface area contributed by atoms with E-state index in [2.05, 4.69) is 19.2 Å². The van der Waals surface area contributed by atoms with Crippen LogP contribution in [0, 0.1) is 0 Å². The second-order valence-electron chi connectivity index (χ2n) is 27.8. The average molecular weight is 1200 g/mol. The van der Waals surface area contributed by atoms with Crippen molar-refractivity contribution in [1.29, 1.82) is 0 Å². The van der Waals surface area contributed by atoms with Crippen LogP contribution < -0.4 is 5.32 Å². The molecule has 1 amide bonds. The van der Waals surface area contributed by atoms with E-state index >= 15 is 0 Å². The number of ether oxygens (including phenoxy) is 1. The predicted octanol–water partition coefficient (Wildman–Crippen LogP) is 26.1. The molecule has 0 aliphatic rings. The summed E-state index contributed by atoms with van der Waals surface area (Å²) >= 11 is 0. The van der Waals surface area contributed by atoms with Gasteiger partial charge in [-0.1, -0.05) is 431 Å². The number of carbonyl (C=O) groups excluding carboxylic acids is 2. The van der Waals surface area contributed by atoms with E-state index in [1.165, 1.54) is 398 Å². The van der Waals surface area contributed by atoms with Gasteiger partial charge < -0.3 is 20.3 Å². The molecule has 0 radical (unpaired) electrons. The van der Waals surface area contributed by atoms with Gasteiger partial charge in [0, 0.05) is 12.8 Å². The van der Waals surface area contributed by atoms with Crippen LogP contribution in [0.5, 0.6) is 0 Å². The Balaban J connectivity index is 3.26. The first-order chi connectivity index (χ1) is 42.0. The Kier molecular flexibility index (Phi) is 74.3. The smallest absolute Gasteiger partial charge is 0.305 e. The lowest BCUT2D eigenvalue weighted by molar-refractivity contribution is -0.143. The molecule has 0 bridgehead atoms. The highest BCUT2D eigenvalue weighted by atomic mass is 16.5. The summed E-state index contributed by atoms with van der Waals surface area (Å²) in [5.41, 5.74) is 0. The molecule has 0 fully saturated rings. The molecular formula is C79H157NO5. The van der Waals surface area contributed by atoms with Crippen molar-refractivity contribution in [1.82, 2.24) is 5.32 Å². The molecule has 0 saturated carbocycles. The summed E-state index contributed by atoms with van der Waals surface area (Å²) in [5, 5.41) is 23.3. The maximum absolute atomic E-state index is 12.5. The molecule has 6 heteroatoms. The fourth-order valence-electron chi connectivity index (χ4n) is 13.1. The van der Waals surface area contributed by atoms with Crippen molar-refractivity contribution in [2.24, 2.45) is 0 Å². The third-order valence-electron chi connectivity index (χ3n) is 19.2. The highest BCUT2D eigenvalue weighted by Gasteiger charge is 2.20. The van der Waals surface area contributed by atoms with Gasteiger partial charge in [-0.2, -0.15) is 0 Å². The van der Waals surface area contributed by atoms with Gasteiger partial charge in [-0.25, -0.2) is 0 Å². The zero-order valence-corrected chi connectivity index (χ0v) is 58.4. The van der Waals surface area contributed by atoms with Crippen LogP contribution in [0.1, 0.15) is 470 Å². The van der Waals surface area contributed by atoms with Crippen LogP contribution in [-0.2, 0) is 14.3 Å². The summed E-state index contributed by atoms with van der Waals surface area (Å²) in [6, 6.07) is -0.535. The van der Waals surface area contributed by atoms with E-state index in [1.54, 1.807) is 0 Å². The number of esters is 1. The number of nitrogens with one attached hydrogen (secondary N) is 1. The third-order valence-corrected chi connectivity index (χ3v) is 19.2. The number of aliphatic hydroxyl groups is 2. The molecule has 0 aromatic carbocycles. The van der Waals surface area contributed by atoms with Gasteiger partial charge in [0.15, 0.2) is 0 Å². The van der Waals surface area contributed by atoms with Gasteiger partial charge in [0.05, 0.1) is 25.4 Å². The predicted molar refractivity (Wildman–Crippen MR) is 375 cm³/mol. The quantitative estimate of drug-likeness (QED) is 0.0417. The van der Waals surface area contributed by atoms with Crippen LogP contribution in [-0.4, -0.2) is 47.4 Å². The second kappa shape index (κ2) is 75.3. The number of hydrogen-bond acceptors (Lipinski definition) is 5. The van der Waals surface area contributed by atoms with Crippen molar-refractivity contribution in [2.75, 3.05) is 13.2 Å². The fourth-order valence-corrected chi connectivity index (χ4v) is 13.1. The molecule has 0 aliphatic heterocycles. The van der Waals surface area contributed by atoms with Gasteiger partial charge in [0.1, 0.15) is 0 Å². The number of aliphatic hydroxyl groups excluding tert-OH is 2. The maximum Gasteiger partial charge on any atom is 0.305 e. The molecule has 6 nitrogen and oxygen atoms in total. The monoisotopic (exact) mass is 1200 g/mol. The Morgan fingerprint density at radius 2 is 0.482 bits per heavy atom. The summed E-state index contributed by atoms with van der Waals surface area (Å²) in [6.07, 6.45) is 93.6. The molecule has 0 spiro atoms. The first kappa shape index (κ1) is 83.9. The number of hydrogen-bond donors (Lipinski definition) is 3. The maximum atomic E-state index is 12.5. The Hall–Kier alpha value is -1.14. The van der Waals surface area contributed by atoms with Gasteiger partial charge in [-0.05, 0) is 25.7 Å². The number of unbranched alkanes of at least 4 members (excludes halogenated alkanes) is 65. The summed E-state index contributed by atoms with van der Waals surface area (Å²) in [7, 11) is 0. The number of amides is 1. The molecule has 0 aromatic rings. The van der Waals surface area contributed by atoms with Crippen LogP contribution in [0.3, 0.4) is 0 Å². The average Bonchev–Trinajstić information content (AvgIpc) is 3.50. The van der Waals surface area contributed by atoms with Crippen molar-refractivity contribution in [3.63, 3.8) is 0 Å². The number of carbonyl (C=O) groups is 2. The van der Waals surface area contributed by atoms with Gasteiger partial charge in [-0.3, -0.25) is 9.59 Å². The first-order valence-corrected chi connectivity index (χ1v) is 39.8. The molecule has 0 saturated heterocycles. The summed E-state index contributed by atoms with van der Waals surface area (Å²) in [5.74, 6) is 0.00327. The van der Waals surface area contributed by atoms with Crippen molar-refractivity contribution >= 4 is 11.9 Å². The number of rotatable bonds is 76. The fraction of sp³-hybridized carbons (Fsp3) is 0.975. The summed E-state index contributed by atoms with van der Waals surface area (Å²) in [4.78, 5) is 24.6. The second-order valence-corrected chi connectivity index (χ2v) is 27.8. The van der Waals surface area contributed by atoms with Gasteiger partial charge >= 0.3 is 5.97 Å². The van der Waals surface area contributed by atoms with Crippen molar-refractivity contribution < 1.29 is 24.5 Å². The Bertz CT molecular complexity index is 1240. The molecule has 0 aromatic heterocycles. The van der Waals surface area contributed by atoms with Crippen LogP contribution in [0.4, 0.5) is 0 Å². The van der Waals surface area contributed by atoms with E-state index in [0.29, 0.717) is 25.9 Å². The first-order valence-electron chi connectivity index (χ1n) is 39.8. The van der Waals surface area contributed by atoms with E-state index < -0.39 is 12.1 Å². The highest BCUT2D eigenvalue weighted by Crippen LogP contribution is 2.21. The lowest BCUT2D eigenvalue weighted by Crippen LogP contribution is -2.45. The zero-order valence-electron chi connectivity index (χ0n) is 58.4. The molecule has 508 valence electrons. The molecule has 3 N–H and O–H groups in total. The topological polar surface area (TPSA) is 95.9 Å². The zero-order chi connectivity index (χ0) is 61.3. The van der Waals surface area contributed by atoms with Crippen LogP contribution in [0.2, 0.25) is 0 Å². The van der Waals surface area contributed by atoms with E-state index in [0.717, 1.165) is 38.5 Å². The lowest BCUT2D eigenvalue weighted by Gasteiger charge is -2.22. The molecular weight excluding hydrogens is 1040 g/mol. The molecule has 0 rings (SSSR count). The lowest BCUT2D eigenvalue weighted by atomic mass is 10.0. The molecule has 85 heavy (non-hydrogen) atoms. The minimum absolute atomic E-state index is 0.0259. The molecule has 2 unspecified atom stereocenters. The Labute approximate surface area is 534 Å². The van der Waals surface area contributed by atoms with Crippen molar-refractivity contribution in [3.8, 4) is 0 Å².